The lowest BCUT2D eigenvalue weighted by Crippen LogP contribution is -2.23. The summed E-state index contributed by atoms with van der Waals surface area (Å²) in [6.45, 7) is 1.92. The summed E-state index contributed by atoms with van der Waals surface area (Å²) in [6.07, 6.45) is 1.27. The van der Waals surface area contributed by atoms with Crippen LogP contribution in [0.1, 0.15) is 25.0 Å². The van der Waals surface area contributed by atoms with Crippen LogP contribution in [0.3, 0.4) is 0 Å². The molecule has 3 N–H and O–H groups in total. The molecule has 0 aliphatic rings. The number of aliphatic hydroxyl groups is 2. The molecule has 1 amide bonds. The normalized spacial score (nSPS) is 12.9. The molecule has 0 aliphatic carbocycles. The number of nitrogens with one attached hydrogen (secondary N) is 1. The van der Waals surface area contributed by atoms with Gasteiger partial charge in [-0.3, -0.25) is 5.32 Å². The standard InChI is InChI=1S/C21H27NO5S/c1-15(11-12-23)20(18-5-3-4-6-19(18)26-14-13-24)27-21(25)22-16-7-9-17(28-2)10-8-16/h3-10,15,20,23-24H,11-14H2,1-2H3,(H,22,25)/t15-,20+/m0/s1. The van der Waals surface area contributed by atoms with E-state index in [1.54, 1.807) is 17.8 Å². The predicted octanol–water partition coefficient (Wildman–Crippen LogP) is 4.09. The van der Waals surface area contributed by atoms with Crippen molar-refractivity contribution in [2.75, 3.05) is 31.4 Å². The number of anilines is 1. The fourth-order valence-corrected chi connectivity index (χ4v) is 3.19. The second kappa shape index (κ2) is 11.6. The van der Waals surface area contributed by atoms with Crippen LogP contribution in [0.5, 0.6) is 5.75 Å². The molecule has 0 saturated carbocycles. The molecule has 0 fully saturated rings. The van der Waals surface area contributed by atoms with E-state index in [1.165, 1.54) is 0 Å². The van der Waals surface area contributed by atoms with Crippen molar-refractivity contribution in [3.63, 3.8) is 0 Å². The van der Waals surface area contributed by atoms with Gasteiger partial charge in [-0.05, 0) is 48.9 Å². The van der Waals surface area contributed by atoms with Crippen molar-refractivity contribution in [3.05, 3.63) is 54.1 Å². The molecule has 2 aromatic rings. The first-order valence-electron chi connectivity index (χ1n) is 9.14. The van der Waals surface area contributed by atoms with E-state index in [-0.39, 0.29) is 25.7 Å². The highest BCUT2D eigenvalue weighted by Gasteiger charge is 2.26. The molecule has 7 heteroatoms. The van der Waals surface area contributed by atoms with Crippen molar-refractivity contribution in [2.45, 2.75) is 24.3 Å². The number of hydrogen-bond donors (Lipinski definition) is 3. The van der Waals surface area contributed by atoms with Crippen molar-refractivity contribution < 1.29 is 24.5 Å². The van der Waals surface area contributed by atoms with Gasteiger partial charge >= 0.3 is 6.09 Å². The molecule has 2 atom stereocenters. The van der Waals surface area contributed by atoms with Crippen LogP contribution in [0.25, 0.3) is 0 Å². The highest BCUT2D eigenvalue weighted by molar-refractivity contribution is 7.98. The Morgan fingerprint density at radius 2 is 1.82 bits per heavy atom. The van der Waals surface area contributed by atoms with E-state index in [2.05, 4.69) is 5.32 Å². The van der Waals surface area contributed by atoms with E-state index in [4.69, 9.17) is 14.6 Å². The largest absolute Gasteiger partial charge is 0.491 e. The molecule has 0 bridgehead atoms. The third kappa shape index (κ3) is 6.44. The number of para-hydroxylation sites is 1. The van der Waals surface area contributed by atoms with E-state index in [9.17, 15) is 9.90 Å². The summed E-state index contributed by atoms with van der Waals surface area (Å²) in [6, 6.07) is 14.7. The Kier molecular flexibility index (Phi) is 9.13. The highest BCUT2D eigenvalue weighted by atomic mass is 32.2. The van der Waals surface area contributed by atoms with Crippen LogP contribution < -0.4 is 10.1 Å². The second-order valence-electron chi connectivity index (χ2n) is 6.28. The van der Waals surface area contributed by atoms with Crippen LogP contribution in [0.2, 0.25) is 0 Å². The molecule has 0 heterocycles. The van der Waals surface area contributed by atoms with Gasteiger partial charge in [0.2, 0.25) is 0 Å². The zero-order valence-electron chi connectivity index (χ0n) is 16.1. The first-order valence-corrected chi connectivity index (χ1v) is 10.4. The minimum atomic E-state index is -0.604. The summed E-state index contributed by atoms with van der Waals surface area (Å²) in [5.41, 5.74) is 1.34. The van der Waals surface area contributed by atoms with Gasteiger partial charge in [0.15, 0.2) is 0 Å². The van der Waals surface area contributed by atoms with Gasteiger partial charge in [-0.25, -0.2) is 4.79 Å². The minimum Gasteiger partial charge on any atom is -0.491 e. The maximum atomic E-state index is 12.5. The Hall–Kier alpha value is -2.22. The Labute approximate surface area is 169 Å². The van der Waals surface area contributed by atoms with Crippen LogP contribution in [0.15, 0.2) is 53.4 Å². The van der Waals surface area contributed by atoms with E-state index < -0.39 is 12.2 Å². The van der Waals surface area contributed by atoms with Crippen LogP contribution in [0.4, 0.5) is 10.5 Å². The second-order valence-corrected chi connectivity index (χ2v) is 7.16. The number of amides is 1. The molecule has 0 aromatic heterocycles. The van der Waals surface area contributed by atoms with Crippen molar-refractivity contribution in [3.8, 4) is 5.75 Å². The molecule has 152 valence electrons. The molecule has 28 heavy (non-hydrogen) atoms. The molecule has 0 radical (unpaired) electrons. The number of thioether (sulfide) groups is 1. The number of hydrogen-bond acceptors (Lipinski definition) is 6. The van der Waals surface area contributed by atoms with E-state index in [0.29, 0.717) is 23.4 Å². The zero-order valence-corrected chi connectivity index (χ0v) is 16.9. The molecule has 0 spiro atoms. The number of carbonyl (C=O) groups is 1. The number of carbonyl (C=O) groups excluding carboxylic acids is 1. The molecule has 0 saturated heterocycles. The molecular weight excluding hydrogens is 378 g/mol. The van der Waals surface area contributed by atoms with Crippen LogP contribution >= 0.6 is 11.8 Å². The summed E-state index contributed by atoms with van der Waals surface area (Å²) in [4.78, 5) is 13.6. The Bertz CT molecular complexity index is 738. The average Bonchev–Trinajstić information content (AvgIpc) is 2.71. The van der Waals surface area contributed by atoms with Crippen molar-refractivity contribution >= 4 is 23.5 Å². The molecular formula is C21H27NO5S. The lowest BCUT2D eigenvalue weighted by atomic mass is 9.94. The molecule has 0 aliphatic heterocycles. The quantitative estimate of drug-likeness (QED) is 0.516. The van der Waals surface area contributed by atoms with Crippen molar-refractivity contribution in [2.24, 2.45) is 5.92 Å². The maximum Gasteiger partial charge on any atom is 0.412 e. The SMILES string of the molecule is CSc1ccc(NC(=O)O[C@@H](c2ccccc2OCCO)[C@@H](C)CCO)cc1. The first kappa shape index (κ1) is 22.1. The fourth-order valence-electron chi connectivity index (χ4n) is 2.78. The van der Waals surface area contributed by atoms with E-state index >= 15 is 0 Å². The fraction of sp³-hybridized carbons (Fsp3) is 0.381. The van der Waals surface area contributed by atoms with Gasteiger partial charge in [0.05, 0.1) is 6.61 Å². The number of aliphatic hydroxyl groups excluding tert-OH is 2. The van der Waals surface area contributed by atoms with Gasteiger partial charge in [0.25, 0.3) is 0 Å². The summed E-state index contributed by atoms with van der Waals surface area (Å²) in [7, 11) is 0. The lowest BCUT2D eigenvalue weighted by Gasteiger charge is -2.26. The predicted molar refractivity (Wildman–Crippen MR) is 111 cm³/mol. The summed E-state index contributed by atoms with van der Waals surface area (Å²) in [5, 5.41) is 21.1. The minimum absolute atomic E-state index is 0.0154. The van der Waals surface area contributed by atoms with Crippen LogP contribution in [0, 0.1) is 5.92 Å². The Balaban J connectivity index is 2.17. The molecule has 2 rings (SSSR count). The van der Waals surface area contributed by atoms with E-state index in [0.717, 1.165) is 4.90 Å². The summed E-state index contributed by atoms with van der Waals surface area (Å²) in [5.74, 6) is 0.414. The molecule has 6 nitrogen and oxygen atoms in total. The first-order chi connectivity index (χ1) is 13.6. The average molecular weight is 406 g/mol. The van der Waals surface area contributed by atoms with Gasteiger partial charge in [-0.15, -0.1) is 11.8 Å². The number of ether oxygens (including phenoxy) is 2. The maximum absolute atomic E-state index is 12.5. The highest BCUT2D eigenvalue weighted by Crippen LogP contribution is 2.35. The van der Waals surface area contributed by atoms with Crippen LogP contribution in [-0.2, 0) is 4.74 Å². The number of benzene rings is 2. The topological polar surface area (TPSA) is 88.0 Å². The van der Waals surface area contributed by atoms with Gasteiger partial charge < -0.3 is 19.7 Å². The Morgan fingerprint density at radius 1 is 1.11 bits per heavy atom. The Morgan fingerprint density at radius 3 is 2.46 bits per heavy atom. The van der Waals surface area contributed by atoms with Crippen molar-refractivity contribution in [1.82, 2.24) is 0 Å². The summed E-state index contributed by atoms with van der Waals surface area (Å²) < 4.78 is 11.3. The van der Waals surface area contributed by atoms with Gasteiger partial charge in [0, 0.05) is 22.8 Å². The molecule has 0 unspecified atom stereocenters. The van der Waals surface area contributed by atoms with Crippen LogP contribution in [-0.4, -0.2) is 42.4 Å². The third-order valence-corrected chi connectivity index (χ3v) is 4.99. The smallest absolute Gasteiger partial charge is 0.412 e. The van der Waals surface area contributed by atoms with Gasteiger partial charge in [-0.2, -0.15) is 0 Å². The van der Waals surface area contributed by atoms with Crippen molar-refractivity contribution in [1.29, 1.82) is 0 Å². The summed E-state index contributed by atoms with van der Waals surface area (Å²) >= 11 is 1.62. The van der Waals surface area contributed by atoms with Gasteiger partial charge in [-0.1, -0.05) is 25.1 Å². The van der Waals surface area contributed by atoms with Gasteiger partial charge in [0.1, 0.15) is 18.5 Å². The number of rotatable bonds is 10. The zero-order chi connectivity index (χ0) is 20.4. The van der Waals surface area contributed by atoms with E-state index in [1.807, 2.05) is 55.6 Å². The monoisotopic (exact) mass is 405 g/mol. The lowest BCUT2D eigenvalue weighted by molar-refractivity contribution is 0.0641. The molecule has 2 aromatic carbocycles. The third-order valence-electron chi connectivity index (χ3n) is 4.25.